The van der Waals surface area contributed by atoms with Crippen molar-refractivity contribution in [3.8, 4) is 0 Å². The zero-order valence-electron chi connectivity index (χ0n) is 11.4. The molecule has 0 unspecified atom stereocenters. The fourth-order valence-corrected chi connectivity index (χ4v) is 4.48. The van der Waals surface area contributed by atoms with Crippen LogP contribution in [0.5, 0.6) is 0 Å². The van der Waals surface area contributed by atoms with E-state index in [1.807, 2.05) is 4.90 Å². The molecular weight excluding hydrogens is 266 g/mol. The van der Waals surface area contributed by atoms with Crippen molar-refractivity contribution >= 4 is 17.2 Å². The maximum absolute atomic E-state index is 12.7. The van der Waals surface area contributed by atoms with Crippen molar-refractivity contribution < 1.29 is 4.79 Å². The first kappa shape index (κ1) is 12.2. The average molecular weight is 283 g/mol. The van der Waals surface area contributed by atoms with Crippen LogP contribution in [0, 0.1) is 0 Å². The van der Waals surface area contributed by atoms with E-state index in [9.17, 15) is 4.79 Å². The second-order valence-electron chi connectivity index (χ2n) is 5.66. The van der Waals surface area contributed by atoms with Gasteiger partial charge in [-0.3, -0.25) is 4.79 Å². The monoisotopic (exact) mass is 283 g/mol. The Bertz CT molecular complexity index is 652. The molecule has 0 bridgehead atoms. The van der Waals surface area contributed by atoms with Crippen LogP contribution in [-0.4, -0.2) is 17.4 Å². The molecule has 2 aliphatic rings. The molecule has 0 saturated carbocycles. The van der Waals surface area contributed by atoms with Gasteiger partial charge in [0.05, 0.1) is 4.88 Å². The summed E-state index contributed by atoms with van der Waals surface area (Å²) in [5, 5.41) is 0. The highest BCUT2D eigenvalue weighted by atomic mass is 32.1. The lowest BCUT2D eigenvalue weighted by Gasteiger charge is -2.28. The number of carbonyl (C=O) groups is 1. The molecule has 1 amide bonds. The second-order valence-corrected chi connectivity index (χ2v) is 6.79. The first-order valence-electron chi connectivity index (χ1n) is 7.29. The smallest absolute Gasteiger partial charge is 0.264 e. The van der Waals surface area contributed by atoms with Gasteiger partial charge in [0.25, 0.3) is 5.91 Å². The molecule has 1 aliphatic heterocycles. The van der Waals surface area contributed by atoms with Gasteiger partial charge in [-0.1, -0.05) is 24.3 Å². The van der Waals surface area contributed by atoms with Crippen LogP contribution in [0.3, 0.4) is 0 Å². The molecule has 0 atom stereocenters. The standard InChI is InChI=1S/C17H17NOS/c19-17(16-10-13-6-3-7-15(13)20-16)18-9-8-12-4-1-2-5-14(12)11-18/h1-2,4-5,10H,3,6-9,11H2. The van der Waals surface area contributed by atoms with Gasteiger partial charge in [0.1, 0.15) is 0 Å². The van der Waals surface area contributed by atoms with Gasteiger partial charge < -0.3 is 4.90 Å². The van der Waals surface area contributed by atoms with Crippen molar-refractivity contribution in [2.45, 2.75) is 32.2 Å². The Morgan fingerprint density at radius 1 is 1.05 bits per heavy atom. The van der Waals surface area contributed by atoms with Crippen LogP contribution in [0.15, 0.2) is 30.3 Å². The third kappa shape index (κ3) is 1.97. The van der Waals surface area contributed by atoms with Crippen LogP contribution in [0.1, 0.15) is 37.7 Å². The molecule has 1 aromatic carbocycles. The van der Waals surface area contributed by atoms with Crippen molar-refractivity contribution in [1.82, 2.24) is 4.90 Å². The number of carbonyl (C=O) groups excluding carboxylic acids is 1. The van der Waals surface area contributed by atoms with Crippen molar-refractivity contribution in [1.29, 1.82) is 0 Å². The fraction of sp³-hybridized carbons (Fsp3) is 0.353. The minimum Gasteiger partial charge on any atom is -0.333 e. The minimum atomic E-state index is 0.221. The highest BCUT2D eigenvalue weighted by Gasteiger charge is 2.25. The lowest BCUT2D eigenvalue weighted by atomic mass is 10.00. The van der Waals surface area contributed by atoms with Crippen LogP contribution in [0.2, 0.25) is 0 Å². The van der Waals surface area contributed by atoms with Gasteiger partial charge in [-0.25, -0.2) is 0 Å². The Hall–Kier alpha value is -1.61. The summed E-state index contributed by atoms with van der Waals surface area (Å²) in [5.41, 5.74) is 4.11. The Morgan fingerprint density at radius 2 is 1.90 bits per heavy atom. The first-order chi connectivity index (χ1) is 9.81. The van der Waals surface area contributed by atoms with E-state index >= 15 is 0 Å². The maximum atomic E-state index is 12.7. The van der Waals surface area contributed by atoms with Gasteiger partial charge in [-0.2, -0.15) is 0 Å². The largest absolute Gasteiger partial charge is 0.333 e. The lowest BCUT2D eigenvalue weighted by Crippen LogP contribution is -2.35. The summed E-state index contributed by atoms with van der Waals surface area (Å²) < 4.78 is 0. The Labute approximate surface area is 123 Å². The van der Waals surface area contributed by atoms with Crippen LogP contribution < -0.4 is 0 Å². The normalized spacial score (nSPS) is 16.9. The van der Waals surface area contributed by atoms with Crippen LogP contribution in [0.4, 0.5) is 0 Å². The molecule has 0 radical (unpaired) electrons. The molecule has 20 heavy (non-hydrogen) atoms. The van der Waals surface area contributed by atoms with Crippen LogP contribution >= 0.6 is 11.3 Å². The number of nitrogens with zero attached hydrogens (tertiary/aromatic N) is 1. The van der Waals surface area contributed by atoms with E-state index in [-0.39, 0.29) is 5.91 Å². The van der Waals surface area contributed by atoms with Crippen molar-refractivity contribution in [2.75, 3.05) is 6.54 Å². The van der Waals surface area contributed by atoms with E-state index in [0.29, 0.717) is 0 Å². The van der Waals surface area contributed by atoms with E-state index < -0.39 is 0 Å². The Balaban J connectivity index is 1.57. The summed E-state index contributed by atoms with van der Waals surface area (Å²) in [4.78, 5) is 17.0. The van der Waals surface area contributed by atoms with Gasteiger partial charge >= 0.3 is 0 Å². The molecule has 2 heterocycles. The SMILES string of the molecule is O=C(c1cc2c(s1)CCC2)N1CCc2ccccc2C1. The first-order valence-corrected chi connectivity index (χ1v) is 8.10. The molecule has 0 saturated heterocycles. The summed E-state index contributed by atoms with van der Waals surface area (Å²) in [7, 11) is 0. The number of amides is 1. The molecule has 102 valence electrons. The summed E-state index contributed by atoms with van der Waals surface area (Å²) >= 11 is 1.71. The summed E-state index contributed by atoms with van der Waals surface area (Å²) in [5.74, 6) is 0.221. The predicted octanol–water partition coefficient (Wildman–Crippen LogP) is 3.44. The van der Waals surface area contributed by atoms with E-state index in [1.54, 1.807) is 11.3 Å². The van der Waals surface area contributed by atoms with Crippen LogP contribution in [0.25, 0.3) is 0 Å². The van der Waals surface area contributed by atoms with Crippen molar-refractivity contribution in [2.24, 2.45) is 0 Å². The van der Waals surface area contributed by atoms with E-state index in [0.717, 1.165) is 37.2 Å². The zero-order valence-corrected chi connectivity index (χ0v) is 12.2. The number of hydrogen-bond donors (Lipinski definition) is 0. The third-order valence-electron chi connectivity index (χ3n) is 4.38. The molecule has 1 aromatic heterocycles. The zero-order chi connectivity index (χ0) is 13.5. The highest BCUT2D eigenvalue weighted by molar-refractivity contribution is 7.14. The second kappa shape index (κ2) is 4.74. The Morgan fingerprint density at radius 3 is 2.75 bits per heavy atom. The van der Waals surface area contributed by atoms with E-state index in [1.165, 1.54) is 28.0 Å². The number of rotatable bonds is 1. The molecule has 1 aliphatic carbocycles. The molecular formula is C17H17NOS. The van der Waals surface area contributed by atoms with Gasteiger partial charge in [0.2, 0.25) is 0 Å². The fourth-order valence-electron chi connectivity index (χ4n) is 3.26. The van der Waals surface area contributed by atoms with Crippen molar-refractivity contribution in [3.63, 3.8) is 0 Å². The third-order valence-corrected chi connectivity index (χ3v) is 5.60. The highest BCUT2D eigenvalue weighted by Crippen LogP contribution is 2.32. The van der Waals surface area contributed by atoms with Gasteiger partial charge in [-0.05, 0) is 48.4 Å². The Kier molecular flexibility index (Phi) is 2.88. The summed E-state index contributed by atoms with van der Waals surface area (Å²) in [6.45, 7) is 1.61. The molecule has 3 heteroatoms. The molecule has 2 aromatic rings. The average Bonchev–Trinajstić information content (AvgIpc) is 3.07. The van der Waals surface area contributed by atoms with Gasteiger partial charge in [-0.15, -0.1) is 11.3 Å². The molecule has 4 rings (SSSR count). The number of benzene rings is 1. The number of aryl methyl sites for hydroxylation is 2. The quantitative estimate of drug-likeness (QED) is 0.785. The predicted molar refractivity (Wildman–Crippen MR) is 81.2 cm³/mol. The molecule has 0 N–H and O–H groups in total. The summed E-state index contributed by atoms with van der Waals surface area (Å²) in [6.07, 6.45) is 4.55. The van der Waals surface area contributed by atoms with Crippen LogP contribution in [-0.2, 0) is 25.8 Å². The number of thiophene rings is 1. The minimum absolute atomic E-state index is 0.221. The maximum Gasteiger partial charge on any atom is 0.264 e. The van der Waals surface area contributed by atoms with Gasteiger partial charge in [0, 0.05) is 18.0 Å². The van der Waals surface area contributed by atoms with E-state index in [4.69, 9.17) is 0 Å². The molecule has 0 fully saturated rings. The van der Waals surface area contributed by atoms with Crippen molar-refractivity contribution in [3.05, 3.63) is 56.8 Å². The molecule has 0 spiro atoms. The molecule has 2 nitrogen and oxygen atoms in total. The topological polar surface area (TPSA) is 20.3 Å². The lowest BCUT2D eigenvalue weighted by molar-refractivity contribution is 0.0739. The summed E-state index contributed by atoms with van der Waals surface area (Å²) in [6, 6.07) is 10.6. The van der Waals surface area contributed by atoms with Gasteiger partial charge in [0.15, 0.2) is 0 Å². The number of fused-ring (bicyclic) bond motifs is 2. The van der Waals surface area contributed by atoms with E-state index in [2.05, 4.69) is 30.3 Å². The number of hydrogen-bond acceptors (Lipinski definition) is 2.